The van der Waals surface area contributed by atoms with Gasteiger partial charge in [0.05, 0.1) is 26.0 Å². The first kappa shape index (κ1) is 15.5. The molecule has 1 aromatic carbocycles. The molecule has 2 N–H and O–H groups in total. The summed E-state index contributed by atoms with van der Waals surface area (Å²) in [5.74, 6) is 0. The van der Waals surface area contributed by atoms with Gasteiger partial charge in [-0.1, -0.05) is 12.1 Å². The first-order valence-electron chi connectivity index (χ1n) is 6.60. The third-order valence-corrected chi connectivity index (χ3v) is 3.69. The van der Waals surface area contributed by atoms with Gasteiger partial charge in [-0.15, -0.1) is 0 Å². The molecular weight excluding hydrogens is 290 g/mol. The van der Waals surface area contributed by atoms with Crippen LogP contribution in [0.4, 0.5) is 5.69 Å². The van der Waals surface area contributed by atoms with Crippen LogP contribution in [0.2, 0.25) is 0 Å². The number of hydrogen-bond acceptors (Lipinski definition) is 3. The largest absolute Gasteiger partial charge is 0.388 e. The number of imidazole rings is 1. The maximum atomic E-state index is 11.1. The number of nitrogens with zero attached hydrogens (tertiary/aromatic N) is 2. The molecular formula is C14H20N3O3S+. The minimum Gasteiger partial charge on any atom is -0.388 e. The number of nitrogens with one attached hydrogen (secondary N) is 1. The summed E-state index contributed by atoms with van der Waals surface area (Å²) in [6, 6.07) is 6.76. The summed E-state index contributed by atoms with van der Waals surface area (Å²) in [4.78, 5) is 0. The first-order valence-corrected chi connectivity index (χ1v) is 8.49. The molecule has 0 aliphatic carbocycles. The fourth-order valence-electron chi connectivity index (χ4n) is 2.06. The molecule has 1 atom stereocenters. The minimum atomic E-state index is -3.27. The van der Waals surface area contributed by atoms with Crippen molar-refractivity contribution in [1.29, 1.82) is 0 Å². The molecule has 0 saturated carbocycles. The lowest BCUT2D eigenvalue weighted by atomic mass is 10.1. The highest BCUT2D eigenvalue weighted by Crippen LogP contribution is 2.20. The van der Waals surface area contributed by atoms with Gasteiger partial charge in [-0.3, -0.25) is 4.72 Å². The van der Waals surface area contributed by atoms with Crippen LogP contribution in [0.15, 0.2) is 43.0 Å². The third-order valence-electron chi connectivity index (χ3n) is 3.08. The standard InChI is InChI=1S/C14H20N3O3S/c1-16-9-10-17(11-16)8-7-14(18)12-3-5-13(6-4-12)15-21(2,19)20/h3-6,9-11,14-15,18H,7-8H2,1-2H3/q+1. The second-order valence-corrected chi connectivity index (χ2v) is 6.87. The van der Waals surface area contributed by atoms with Gasteiger partial charge < -0.3 is 5.11 Å². The van der Waals surface area contributed by atoms with Crippen molar-refractivity contribution >= 4 is 15.7 Å². The molecule has 1 unspecified atom stereocenters. The molecule has 0 spiro atoms. The Labute approximate surface area is 124 Å². The lowest BCUT2D eigenvalue weighted by Crippen LogP contribution is -2.23. The van der Waals surface area contributed by atoms with E-state index in [-0.39, 0.29) is 0 Å². The van der Waals surface area contributed by atoms with Crippen LogP contribution in [0.3, 0.4) is 0 Å². The maximum absolute atomic E-state index is 11.1. The number of hydrogen-bond donors (Lipinski definition) is 2. The van der Waals surface area contributed by atoms with Gasteiger partial charge in [0.15, 0.2) is 0 Å². The van der Waals surface area contributed by atoms with Crippen molar-refractivity contribution in [1.82, 2.24) is 4.57 Å². The molecule has 21 heavy (non-hydrogen) atoms. The van der Waals surface area contributed by atoms with E-state index in [9.17, 15) is 13.5 Å². The molecule has 1 aromatic heterocycles. The Balaban J connectivity index is 1.94. The van der Waals surface area contributed by atoms with E-state index >= 15 is 0 Å². The highest BCUT2D eigenvalue weighted by atomic mass is 32.2. The van der Waals surface area contributed by atoms with Gasteiger partial charge in [0, 0.05) is 12.1 Å². The van der Waals surface area contributed by atoms with Crippen LogP contribution in [0.25, 0.3) is 0 Å². The van der Waals surface area contributed by atoms with Crippen molar-refractivity contribution in [2.24, 2.45) is 7.05 Å². The Kier molecular flexibility index (Phi) is 4.64. The van der Waals surface area contributed by atoms with Crippen molar-refractivity contribution in [3.8, 4) is 0 Å². The fourth-order valence-corrected chi connectivity index (χ4v) is 2.62. The Morgan fingerprint density at radius 3 is 2.52 bits per heavy atom. The van der Waals surface area contributed by atoms with E-state index in [0.717, 1.165) is 11.8 Å². The zero-order valence-corrected chi connectivity index (χ0v) is 12.9. The summed E-state index contributed by atoms with van der Waals surface area (Å²) in [5.41, 5.74) is 1.26. The van der Waals surface area contributed by atoms with E-state index in [2.05, 4.69) is 4.72 Å². The van der Waals surface area contributed by atoms with Crippen molar-refractivity contribution in [2.45, 2.75) is 19.1 Å². The van der Waals surface area contributed by atoms with E-state index < -0.39 is 16.1 Å². The second-order valence-electron chi connectivity index (χ2n) is 5.12. The van der Waals surface area contributed by atoms with E-state index in [1.54, 1.807) is 24.3 Å². The average Bonchev–Trinajstić information content (AvgIpc) is 2.81. The number of aryl methyl sites for hydroxylation is 2. The maximum Gasteiger partial charge on any atom is 0.243 e. The quantitative estimate of drug-likeness (QED) is 0.775. The molecule has 0 bridgehead atoms. The SMILES string of the molecule is C[n+]1ccn(CCC(O)c2ccc(NS(C)(=O)=O)cc2)c1. The number of aliphatic hydroxyl groups is 1. The molecule has 0 radical (unpaired) electrons. The number of anilines is 1. The van der Waals surface area contributed by atoms with Gasteiger partial charge in [-0.2, -0.15) is 0 Å². The number of benzene rings is 1. The van der Waals surface area contributed by atoms with Crippen LogP contribution >= 0.6 is 0 Å². The minimum absolute atomic E-state index is 0.492. The summed E-state index contributed by atoms with van der Waals surface area (Å²) < 4.78 is 28.6. The number of aromatic nitrogens is 2. The van der Waals surface area contributed by atoms with E-state index in [1.807, 2.05) is 34.9 Å². The highest BCUT2D eigenvalue weighted by Gasteiger charge is 2.10. The topological polar surface area (TPSA) is 75.2 Å². The summed E-state index contributed by atoms with van der Waals surface area (Å²) in [5, 5.41) is 10.2. The summed E-state index contributed by atoms with van der Waals surface area (Å²) in [6.45, 7) is 0.714. The van der Waals surface area contributed by atoms with Gasteiger partial charge >= 0.3 is 0 Å². The molecule has 2 rings (SSSR count). The van der Waals surface area contributed by atoms with Crippen LogP contribution in [-0.4, -0.2) is 24.3 Å². The molecule has 0 fully saturated rings. The van der Waals surface area contributed by atoms with E-state index in [0.29, 0.717) is 18.7 Å². The van der Waals surface area contributed by atoms with Crippen molar-refractivity contribution in [2.75, 3.05) is 11.0 Å². The Bertz CT molecular complexity index is 693. The van der Waals surface area contributed by atoms with Crippen molar-refractivity contribution in [3.63, 3.8) is 0 Å². The summed E-state index contributed by atoms with van der Waals surface area (Å²) in [7, 11) is -1.33. The molecule has 1 heterocycles. The first-order chi connectivity index (χ1) is 9.83. The second kappa shape index (κ2) is 6.28. The summed E-state index contributed by atoms with van der Waals surface area (Å²) in [6.07, 6.45) is 6.96. The third kappa shape index (κ3) is 4.87. The summed E-state index contributed by atoms with van der Waals surface area (Å²) >= 11 is 0. The lowest BCUT2D eigenvalue weighted by molar-refractivity contribution is -0.671. The average molecular weight is 310 g/mol. The number of rotatable bonds is 6. The molecule has 114 valence electrons. The smallest absolute Gasteiger partial charge is 0.243 e. The van der Waals surface area contributed by atoms with Gasteiger partial charge in [-0.05, 0) is 17.7 Å². The predicted octanol–water partition coefficient (Wildman–Crippen LogP) is 0.808. The normalized spacial score (nSPS) is 13.1. The van der Waals surface area contributed by atoms with Crippen LogP contribution in [0.5, 0.6) is 0 Å². The molecule has 0 saturated heterocycles. The molecule has 6 nitrogen and oxygen atoms in total. The van der Waals surface area contributed by atoms with Gasteiger partial charge in [0.25, 0.3) is 0 Å². The van der Waals surface area contributed by atoms with Gasteiger partial charge in [0.2, 0.25) is 16.4 Å². The van der Waals surface area contributed by atoms with E-state index in [1.165, 1.54) is 0 Å². The van der Waals surface area contributed by atoms with Gasteiger partial charge in [-0.25, -0.2) is 17.6 Å². The van der Waals surface area contributed by atoms with Crippen LogP contribution in [0.1, 0.15) is 18.1 Å². The molecule has 7 heteroatoms. The van der Waals surface area contributed by atoms with Crippen LogP contribution < -0.4 is 9.29 Å². The monoisotopic (exact) mass is 310 g/mol. The Morgan fingerprint density at radius 1 is 1.33 bits per heavy atom. The van der Waals surface area contributed by atoms with Crippen molar-refractivity contribution in [3.05, 3.63) is 48.5 Å². The lowest BCUT2D eigenvalue weighted by Gasteiger charge is -2.11. The van der Waals surface area contributed by atoms with E-state index in [4.69, 9.17) is 0 Å². The predicted molar refractivity (Wildman–Crippen MR) is 80.1 cm³/mol. The number of aliphatic hydroxyl groups excluding tert-OH is 1. The van der Waals surface area contributed by atoms with Crippen molar-refractivity contribution < 1.29 is 18.1 Å². The molecule has 0 aliphatic rings. The Hall–Kier alpha value is -1.86. The highest BCUT2D eigenvalue weighted by molar-refractivity contribution is 7.92. The fraction of sp³-hybridized carbons (Fsp3) is 0.357. The Morgan fingerprint density at radius 2 is 2.00 bits per heavy atom. The van der Waals surface area contributed by atoms with Crippen LogP contribution in [-0.2, 0) is 23.6 Å². The zero-order chi connectivity index (χ0) is 15.5. The number of sulfonamides is 1. The van der Waals surface area contributed by atoms with Crippen LogP contribution in [0, 0.1) is 0 Å². The van der Waals surface area contributed by atoms with Gasteiger partial charge in [0.1, 0.15) is 12.4 Å². The molecule has 0 amide bonds. The zero-order valence-electron chi connectivity index (χ0n) is 12.1. The molecule has 2 aromatic rings. The molecule has 0 aliphatic heterocycles.